The first-order chi connectivity index (χ1) is 20.2. The van der Waals surface area contributed by atoms with E-state index in [0.717, 1.165) is 33.3 Å². The molecule has 0 spiro atoms. The van der Waals surface area contributed by atoms with Gasteiger partial charge in [-0.2, -0.15) is 5.10 Å². The summed E-state index contributed by atoms with van der Waals surface area (Å²) in [5.74, 6) is 0.881. The molecule has 6 rings (SSSR count). The van der Waals surface area contributed by atoms with Crippen molar-refractivity contribution in [3.63, 3.8) is 0 Å². The zero-order valence-corrected chi connectivity index (χ0v) is 22.5. The van der Waals surface area contributed by atoms with Gasteiger partial charge < -0.3 is 9.47 Å². The number of hydrogen-bond donors (Lipinski definition) is 1. The molecule has 6 nitrogen and oxygen atoms in total. The second kappa shape index (κ2) is 11.7. The summed E-state index contributed by atoms with van der Waals surface area (Å²) in [7, 11) is 1.60. The zero-order chi connectivity index (χ0) is 28.0. The fourth-order valence-corrected chi connectivity index (χ4v) is 4.72. The maximum atomic E-state index is 13.2. The van der Waals surface area contributed by atoms with Crippen LogP contribution in [0.25, 0.3) is 32.9 Å². The molecule has 0 atom stereocenters. The molecule has 0 aliphatic carbocycles. The molecule has 0 unspecified atom stereocenters. The highest BCUT2D eigenvalue weighted by Crippen LogP contribution is 2.29. The van der Waals surface area contributed by atoms with Crippen molar-refractivity contribution in [3.05, 3.63) is 138 Å². The number of aromatic nitrogens is 1. The van der Waals surface area contributed by atoms with Gasteiger partial charge in [-0.1, -0.05) is 84.9 Å². The minimum absolute atomic E-state index is 0.320. The lowest BCUT2D eigenvalue weighted by atomic mass is 10.0. The van der Waals surface area contributed by atoms with Gasteiger partial charge in [0.2, 0.25) is 0 Å². The summed E-state index contributed by atoms with van der Waals surface area (Å²) in [5.41, 5.74) is 7.39. The van der Waals surface area contributed by atoms with E-state index in [-0.39, 0.29) is 5.91 Å². The maximum Gasteiger partial charge on any atom is 0.272 e. The molecule has 1 N–H and O–H groups in total. The van der Waals surface area contributed by atoms with Gasteiger partial charge in [0.05, 0.1) is 30.1 Å². The van der Waals surface area contributed by atoms with Gasteiger partial charge in [0, 0.05) is 10.9 Å². The molecule has 0 bridgehead atoms. The summed E-state index contributed by atoms with van der Waals surface area (Å²) in [5, 5.41) is 7.34. The van der Waals surface area contributed by atoms with Crippen molar-refractivity contribution in [2.45, 2.75) is 6.61 Å². The van der Waals surface area contributed by atoms with E-state index in [9.17, 15) is 4.79 Å². The Bertz CT molecular complexity index is 1880. The van der Waals surface area contributed by atoms with Crippen molar-refractivity contribution < 1.29 is 14.3 Å². The largest absolute Gasteiger partial charge is 0.493 e. The van der Waals surface area contributed by atoms with Gasteiger partial charge in [-0.3, -0.25) is 4.79 Å². The van der Waals surface area contributed by atoms with Crippen LogP contribution in [0.4, 0.5) is 0 Å². The Balaban J connectivity index is 1.17. The molecule has 0 aliphatic rings. The molecule has 1 amide bonds. The first-order valence-corrected chi connectivity index (χ1v) is 13.2. The van der Waals surface area contributed by atoms with Crippen LogP contribution in [0.3, 0.4) is 0 Å². The molecule has 0 aliphatic heterocycles. The average Bonchev–Trinajstić information content (AvgIpc) is 3.03. The third kappa shape index (κ3) is 5.77. The van der Waals surface area contributed by atoms with Gasteiger partial charge in [-0.05, 0) is 58.3 Å². The molecule has 0 saturated heterocycles. The van der Waals surface area contributed by atoms with Gasteiger partial charge in [0.15, 0.2) is 11.5 Å². The van der Waals surface area contributed by atoms with E-state index in [1.165, 1.54) is 10.8 Å². The van der Waals surface area contributed by atoms with Crippen LogP contribution in [-0.2, 0) is 6.61 Å². The highest BCUT2D eigenvalue weighted by atomic mass is 16.5. The van der Waals surface area contributed by atoms with Gasteiger partial charge in [-0.15, -0.1) is 0 Å². The Labute approximate surface area is 237 Å². The molecule has 200 valence electrons. The third-order valence-corrected chi connectivity index (χ3v) is 6.81. The number of amides is 1. The lowest BCUT2D eigenvalue weighted by Gasteiger charge is -2.12. The van der Waals surface area contributed by atoms with E-state index < -0.39 is 0 Å². The summed E-state index contributed by atoms with van der Waals surface area (Å²) in [6, 6.07) is 39.2. The molecule has 6 aromatic rings. The van der Waals surface area contributed by atoms with Crippen LogP contribution in [0.5, 0.6) is 11.5 Å². The van der Waals surface area contributed by atoms with Crippen LogP contribution in [0.15, 0.2) is 126 Å². The van der Waals surface area contributed by atoms with E-state index >= 15 is 0 Å². The second-order valence-corrected chi connectivity index (χ2v) is 9.52. The van der Waals surface area contributed by atoms with Crippen LogP contribution in [-0.4, -0.2) is 24.2 Å². The number of fused-ring (bicyclic) bond motifs is 2. The van der Waals surface area contributed by atoms with Crippen LogP contribution >= 0.6 is 0 Å². The van der Waals surface area contributed by atoms with Crippen molar-refractivity contribution in [1.29, 1.82) is 0 Å². The van der Waals surface area contributed by atoms with Crippen molar-refractivity contribution in [3.8, 4) is 22.8 Å². The third-order valence-electron chi connectivity index (χ3n) is 6.81. The minimum atomic E-state index is -0.320. The fourth-order valence-electron chi connectivity index (χ4n) is 4.72. The van der Waals surface area contributed by atoms with Gasteiger partial charge >= 0.3 is 0 Å². The molecule has 0 fully saturated rings. The fraction of sp³-hybridized carbons (Fsp3) is 0.0571. The minimum Gasteiger partial charge on any atom is -0.493 e. The molecule has 1 heterocycles. The molecular formula is C35H27N3O3. The monoisotopic (exact) mass is 537 g/mol. The van der Waals surface area contributed by atoms with Crippen molar-refractivity contribution in [2.24, 2.45) is 5.10 Å². The Morgan fingerprint density at radius 3 is 2.44 bits per heavy atom. The molecule has 41 heavy (non-hydrogen) atoms. The van der Waals surface area contributed by atoms with Crippen LogP contribution in [0.2, 0.25) is 0 Å². The summed E-state index contributed by atoms with van der Waals surface area (Å²) in [6.45, 7) is 0.412. The summed E-state index contributed by atoms with van der Waals surface area (Å²) < 4.78 is 11.6. The number of ether oxygens (including phenoxy) is 2. The van der Waals surface area contributed by atoms with Crippen LogP contribution in [0, 0.1) is 0 Å². The van der Waals surface area contributed by atoms with Gasteiger partial charge in [-0.25, -0.2) is 10.4 Å². The molecule has 1 aromatic heterocycles. The topological polar surface area (TPSA) is 72.8 Å². The Kier molecular flexibility index (Phi) is 7.36. The number of para-hydroxylation sites is 1. The Hall–Kier alpha value is -5.49. The summed E-state index contributed by atoms with van der Waals surface area (Å²) in [6.07, 6.45) is 1.58. The van der Waals surface area contributed by atoms with Gasteiger partial charge in [0.25, 0.3) is 5.91 Å². The SMILES string of the molecule is COc1cc(/C=N/NC(=O)c2cc(-c3ccccc3)nc3ccccc23)ccc1OCc1ccc2ccccc2c1. The predicted octanol–water partition coefficient (Wildman–Crippen LogP) is 7.41. The quantitative estimate of drug-likeness (QED) is 0.162. The highest BCUT2D eigenvalue weighted by molar-refractivity contribution is 6.07. The maximum absolute atomic E-state index is 13.2. The number of hydrazone groups is 1. The van der Waals surface area contributed by atoms with E-state index in [1.807, 2.05) is 84.9 Å². The normalized spacial score (nSPS) is 11.1. The predicted molar refractivity (Wildman–Crippen MR) is 164 cm³/mol. The number of rotatable bonds is 8. The number of carbonyl (C=O) groups is 1. The Morgan fingerprint density at radius 1 is 0.805 bits per heavy atom. The molecule has 0 saturated carbocycles. The lowest BCUT2D eigenvalue weighted by Crippen LogP contribution is -2.18. The number of nitrogens with one attached hydrogen (secondary N) is 1. The number of pyridine rings is 1. The van der Waals surface area contributed by atoms with Crippen LogP contribution < -0.4 is 14.9 Å². The second-order valence-electron chi connectivity index (χ2n) is 9.52. The highest BCUT2D eigenvalue weighted by Gasteiger charge is 2.14. The van der Waals surface area contributed by atoms with Crippen LogP contribution in [0.1, 0.15) is 21.5 Å². The lowest BCUT2D eigenvalue weighted by molar-refractivity contribution is 0.0956. The van der Waals surface area contributed by atoms with Crippen molar-refractivity contribution in [1.82, 2.24) is 10.4 Å². The standard InChI is InChI=1S/C35H27N3O3/c1-40-34-20-24(16-18-33(34)41-23-25-15-17-26-9-5-6-12-28(26)19-25)22-36-38-35(39)30-21-32(27-10-3-2-4-11-27)37-31-14-8-7-13-29(30)31/h2-22H,23H2,1H3,(H,38,39)/b36-22+. The smallest absolute Gasteiger partial charge is 0.272 e. The van der Waals surface area contributed by atoms with Crippen molar-refractivity contribution >= 4 is 33.8 Å². The van der Waals surface area contributed by atoms with E-state index in [4.69, 9.17) is 14.5 Å². The number of carbonyl (C=O) groups excluding carboxylic acids is 1. The zero-order valence-electron chi connectivity index (χ0n) is 22.5. The summed E-state index contributed by atoms with van der Waals surface area (Å²) >= 11 is 0. The first-order valence-electron chi connectivity index (χ1n) is 13.2. The summed E-state index contributed by atoms with van der Waals surface area (Å²) in [4.78, 5) is 18.0. The average molecular weight is 538 g/mol. The molecular weight excluding hydrogens is 510 g/mol. The molecule has 0 radical (unpaired) electrons. The number of methoxy groups -OCH3 is 1. The number of nitrogens with zero attached hydrogens (tertiary/aromatic N) is 2. The van der Waals surface area contributed by atoms with Crippen molar-refractivity contribution in [2.75, 3.05) is 7.11 Å². The first kappa shape index (κ1) is 25.8. The number of benzene rings is 5. The van der Waals surface area contributed by atoms with E-state index in [1.54, 1.807) is 19.4 Å². The van der Waals surface area contributed by atoms with Gasteiger partial charge in [0.1, 0.15) is 6.61 Å². The Morgan fingerprint density at radius 2 is 1.59 bits per heavy atom. The molecule has 5 aromatic carbocycles. The number of hydrogen-bond acceptors (Lipinski definition) is 5. The van der Waals surface area contributed by atoms with E-state index in [2.05, 4.69) is 40.9 Å². The molecule has 6 heteroatoms. The van der Waals surface area contributed by atoms with E-state index in [0.29, 0.717) is 23.7 Å².